The maximum atomic E-state index is 4.46. The minimum absolute atomic E-state index is 0.468. The average molecular weight is 258 g/mol. The number of hydrogen-bond acceptors (Lipinski definition) is 2. The Morgan fingerprint density at radius 1 is 1.32 bits per heavy atom. The first kappa shape index (κ1) is 15.6. The third-order valence-corrected chi connectivity index (χ3v) is 3.68. The summed E-state index contributed by atoms with van der Waals surface area (Å²) in [4.78, 5) is 8.52. The summed E-state index contributed by atoms with van der Waals surface area (Å²) in [7, 11) is 3.71. The molecule has 0 aromatic rings. The van der Waals surface area contributed by atoms with Crippen LogP contribution in [-0.2, 0) is 0 Å². The Labute approximate surface area is 117 Å². The molecule has 0 amide bonds. The first-order chi connectivity index (χ1) is 9.13. The second-order valence-corrected chi connectivity index (χ2v) is 5.12. The summed E-state index contributed by atoms with van der Waals surface area (Å²) in [5.74, 6) is 1.02. The van der Waals surface area contributed by atoms with E-state index in [9.17, 15) is 0 Å². The zero-order chi connectivity index (χ0) is 14.3. The Balaban J connectivity index is 3.09. The van der Waals surface area contributed by atoms with Crippen molar-refractivity contribution in [1.82, 2.24) is 0 Å². The number of rotatable bonds is 3. The van der Waals surface area contributed by atoms with Crippen molar-refractivity contribution >= 4 is 11.9 Å². The van der Waals surface area contributed by atoms with Gasteiger partial charge in [-0.15, -0.1) is 0 Å². The first-order valence-corrected chi connectivity index (χ1v) is 7.04. The van der Waals surface area contributed by atoms with Crippen LogP contribution in [0.5, 0.6) is 0 Å². The fourth-order valence-corrected chi connectivity index (χ4v) is 2.74. The van der Waals surface area contributed by atoms with E-state index < -0.39 is 0 Å². The van der Waals surface area contributed by atoms with Crippen molar-refractivity contribution in [3.63, 3.8) is 0 Å². The molecule has 0 heterocycles. The molecule has 0 N–H and O–H groups in total. The first-order valence-electron chi connectivity index (χ1n) is 7.04. The lowest BCUT2D eigenvalue weighted by Crippen LogP contribution is -2.10. The van der Waals surface area contributed by atoms with Crippen molar-refractivity contribution < 1.29 is 0 Å². The quantitative estimate of drug-likeness (QED) is 0.534. The molecule has 1 aliphatic carbocycles. The predicted octanol–water partition coefficient (Wildman–Crippen LogP) is 4.25. The van der Waals surface area contributed by atoms with E-state index in [4.69, 9.17) is 0 Å². The summed E-state index contributed by atoms with van der Waals surface area (Å²) >= 11 is 0. The molecule has 0 fully saturated rings. The van der Waals surface area contributed by atoms with Crippen molar-refractivity contribution in [2.24, 2.45) is 21.8 Å². The SMILES string of the molecule is C/C=C\C(=C/C=NC)C1C=C(C)C(=NC)C(C)CC1. The zero-order valence-electron chi connectivity index (χ0n) is 12.9. The van der Waals surface area contributed by atoms with Gasteiger partial charge in [0.25, 0.3) is 0 Å². The number of nitrogens with zero attached hydrogens (tertiary/aromatic N) is 2. The van der Waals surface area contributed by atoms with Crippen LogP contribution in [0.4, 0.5) is 0 Å². The Hall–Kier alpha value is -1.44. The van der Waals surface area contributed by atoms with Crippen LogP contribution in [0.2, 0.25) is 0 Å². The van der Waals surface area contributed by atoms with Crippen LogP contribution in [-0.4, -0.2) is 26.0 Å². The summed E-state index contributed by atoms with van der Waals surface area (Å²) in [5, 5.41) is 0. The fraction of sp³-hybridized carbons (Fsp3) is 0.529. The highest BCUT2D eigenvalue weighted by molar-refractivity contribution is 6.01. The molecule has 1 aliphatic rings. The summed E-state index contributed by atoms with van der Waals surface area (Å²) in [5.41, 5.74) is 3.91. The van der Waals surface area contributed by atoms with Crippen molar-refractivity contribution in [2.45, 2.75) is 33.6 Å². The second-order valence-electron chi connectivity index (χ2n) is 5.12. The minimum atomic E-state index is 0.468. The lowest BCUT2D eigenvalue weighted by molar-refractivity contribution is 0.583. The second kappa shape index (κ2) is 7.88. The third kappa shape index (κ3) is 4.30. The highest BCUT2D eigenvalue weighted by Gasteiger charge is 2.21. The topological polar surface area (TPSA) is 24.7 Å². The minimum Gasteiger partial charge on any atom is -0.297 e. The van der Waals surface area contributed by atoms with Crippen LogP contribution in [0.3, 0.4) is 0 Å². The molecule has 0 aromatic carbocycles. The van der Waals surface area contributed by atoms with Crippen molar-refractivity contribution in [3.05, 3.63) is 35.5 Å². The van der Waals surface area contributed by atoms with E-state index in [0.29, 0.717) is 11.8 Å². The number of aliphatic imine (C=N–C) groups is 2. The molecule has 1 rings (SSSR count). The highest BCUT2D eigenvalue weighted by atomic mass is 14.7. The summed E-state index contributed by atoms with van der Waals surface area (Å²) in [6.07, 6.45) is 13.0. The summed E-state index contributed by atoms with van der Waals surface area (Å²) in [6, 6.07) is 0. The molecule has 0 spiro atoms. The maximum Gasteiger partial charge on any atom is 0.0399 e. The molecule has 0 aliphatic heterocycles. The number of hydrogen-bond donors (Lipinski definition) is 0. The number of allylic oxidation sites excluding steroid dienone is 6. The Kier molecular flexibility index (Phi) is 6.48. The van der Waals surface area contributed by atoms with E-state index in [-0.39, 0.29) is 0 Å². The van der Waals surface area contributed by atoms with E-state index in [1.165, 1.54) is 29.7 Å². The van der Waals surface area contributed by atoms with Gasteiger partial charge in [0, 0.05) is 31.9 Å². The largest absolute Gasteiger partial charge is 0.297 e. The molecule has 104 valence electrons. The van der Waals surface area contributed by atoms with Gasteiger partial charge in [-0.1, -0.05) is 25.2 Å². The molecule has 0 aromatic heterocycles. The van der Waals surface area contributed by atoms with Gasteiger partial charge >= 0.3 is 0 Å². The Morgan fingerprint density at radius 3 is 2.63 bits per heavy atom. The Morgan fingerprint density at radius 2 is 2.05 bits per heavy atom. The van der Waals surface area contributed by atoms with Gasteiger partial charge in [0.05, 0.1) is 0 Å². The van der Waals surface area contributed by atoms with Gasteiger partial charge in [-0.25, -0.2) is 0 Å². The van der Waals surface area contributed by atoms with E-state index >= 15 is 0 Å². The van der Waals surface area contributed by atoms with Gasteiger partial charge < -0.3 is 0 Å². The van der Waals surface area contributed by atoms with Crippen LogP contribution in [0, 0.1) is 11.8 Å². The van der Waals surface area contributed by atoms with E-state index in [1.807, 2.05) is 20.3 Å². The normalized spacial score (nSPS) is 28.2. The summed E-state index contributed by atoms with van der Waals surface area (Å²) in [6.45, 7) is 6.51. The van der Waals surface area contributed by atoms with Gasteiger partial charge in [0.15, 0.2) is 0 Å². The zero-order valence-corrected chi connectivity index (χ0v) is 12.9. The smallest absolute Gasteiger partial charge is 0.0399 e. The molecule has 2 nitrogen and oxygen atoms in total. The molecule has 2 unspecified atom stereocenters. The van der Waals surface area contributed by atoms with Gasteiger partial charge in [-0.2, -0.15) is 0 Å². The molecule has 0 radical (unpaired) electrons. The maximum absolute atomic E-state index is 4.46. The third-order valence-electron chi connectivity index (χ3n) is 3.68. The molecule has 2 heteroatoms. The highest BCUT2D eigenvalue weighted by Crippen LogP contribution is 2.29. The van der Waals surface area contributed by atoms with Crippen LogP contribution in [0.15, 0.2) is 45.4 Å². The van der Waals surface area contributed by atoms with Gasteiger partial charge in [-0.05, 0) is 49.8 Å². The monoisotopic (exact) mass is 258 g/mol. The standard InChI is InChI=1S/C17H26N2/c1-6-7-15(10-11-18-4)16-9-8-13(2)17(19-5)14(3)12-16/h6-7,10-13,16H,8-9H2,1-5H3/b7-6-,15-10+,18-11?,19-17?. The molecule has 0 saturated carbocycles. The molecule has 0 bridgehead atoms. The van der Waals surface area contributed by atoms with Crippen LogP contribution >= 0.6 is 0 Å². The van der Waals surface area contributed by atoms with E-state index in [1.54, 1.807) is 0 Å². The van der Waals surface area contributed by atoms with Gasteiger partial charge in [0.1, 0.15) is 0 Å². The molecular formula is C17H26N2. The summed E-state index contributed by atoms with van der Waals surface area (Å²) < 4.78 is 0. The van der Waals surface area contributed by atoms with E-state index in [0.717, 1.165) is 0 Å². The van der Waals surface area contributed by atoms with Crippen LogP contribution in [0.1, 0.15) is 33.6 Å². The molecule has 2 atom stereocenters. The lowest BCUT2D eigenvalue weighted by Gasteiger charge is -2.13. The average Bonchev–Trinajstić information content (AvgIpc) is 2.53. The van der Waals surface area contributed by atoms with Crippen LogP contribution in [0.25, 0.3) is 0 Å². The van der Waals surface area contributed by atoms with E-state index in [2.05, 4.69) is 55.1 Å². The molecular weight excluding hydrogens is 232 g/mol. The lowest BCUT2D eigenvalue weighted by atomic mass is 9.92. The molecule has 0 saturated heterocycles. The van der Waals surface area contributed by atoms with Crippen molar-refractivity contribution in [3.8, 4) is 0 Å². The van der Waals surface area contributed by atoms with Crippen LogP contribution < -0.4 is 0 Å². The predicted molar refractivity (Wildman–Crippen MR) is 86.3 cm³/mol. The fourth-order valence-electron chi connectivity index (χ4n) is 2.74. The van der Waals surface area contributed by atoms with Crippen molar-refractivity contribution in [1.29, 1.82) is 0 Å². The van der Waals surface area contributed by atoms with Gasteiger partial charge in [0.2, 0.25) is 0 Å². The molecule has 19 heavy (non-hydrogen) atoms. The van der Waals surface area contributed by atoms with Gasteiger partial charge in [-0.3, -0.25) is 9.98 Å². The van der Waals surface area contributed by atoms with Crippen molar-refractivity contribution in [2.75, 3.05) is 14.1 Å². The Bertz CT molecular complexity index is 436.